The number of ether oxygens (including phenoxy) is 1. The zero-order valence-corrected chi connectivity index (χ0v) is 16.3. The maximum Gasteiger partial charge on any atom is 0.240 e. The fourth-order valence-corrected chi connectivity index (χ4v) is 4.56. The average molecular weight is 395 g/mol. The standard InChI is InChI=1S/C19H23ClN2O3S/c1-15-4-2-3-5-19(15)26(23,24)21-14-18(22-10-12-25-13-11-22)16-6-8-17(20)9-7-16/h2-9,18,21H,10-14H2,1H3. The Morgan fingerprint density at radius 2 is 1.77 bits per heavy atom. The van der Waals surface area contributed by atoms with Gasteiger partial charge in [-0.3, -0.25) is 4.90 Å². The van der Waals surface area contributed by atoms with Crippen molar-refractivity contribution in [3.05, 3.63) is 64.7 Å². The molecule has 1 heterocycles. The molecule has 1 saturated heterocycles. The van der Waals surface area contributed by atoms with Crippen LogP contribution in [0.3, 0.4) is 0 Å². The molecular formula is C19H23ClN2O3S. The second-order valence-electron chi connectivity index (χ2n) is 6.33. The van der Waals surface area contributed by atoms with E-state index >= 15 is 0 Å². The van der Waals surface area contributed by atoms with Gasteiger partial charge in [0.2, 0.25) is 10.0 Å². The second kappa shape index (κ2) is 8.50. The fraction of sp³-hybridized carbons (Fsp3) is 0.368. The highest BCUT2D eigenvalue weighted by atomic mass is 35.5. The van der Waals surface area contributed by atoms with Crippen molar-refractivity contribution in [1.82, 2.24) is 9.62 Å². The van der Waals surface area contributed by atoms with Crippen LogP contribution in [0, 0.1) is 6.92 Å². The van der Waals surface area contributed by atoms with E-state index in [1.54, 1.807) is 25.1 Å². The lowest BCUT2D eigenvalue weighted by Crippen LogP contribution is -2.43. The Bertz CT molecular complexity index is 834. The number of nitrogens with one attached hydrogen (secondary N) is 1. The van der Waals surface area contributed by atoms with Crippen LogP contribution in [-0.4, -0.2) is 46.2 Å². The summed E-state index contributed by atoms with van der Waals surface area (Å²) in [5, 5.41) is 0.662. The summed E-state index contributed by atoms with van der Waals surface area (Å²) in [5.74, 6) is 0. The number of nitrogens with zero attached hydrogens (tertiary/aromatic N) is 1. The van der Waals surface area contributed by atoms with Crippen LogP contribution in [0.2, 0.25) is 5.02 Å². The van der Waals surface area contributed by atoms with Gasteiger partial charge in [0, 0.05) is 30.7 Å². The van der Waals surface area contributed by atoms with E-state index < -0.39 is 10.0 Å². The minimum atomic E-state index is -3.57. The predicted molar refractivity (Wildman–Crippen MR) is 103 cm³/mol. The van der Waals surface area contributed by atoms with Crippen molar-refractivity contribution < 1.29 is 13.2 Å². The second-order valence-corrected chi connectivity index (χ2v) is 8.50. The van der Waals surface area contributed by atoms with Crippen LogP contribution < -0.4 is 4.72 Å². The molecule has 3 rings (SSSR count). The number of benzene rings is 2. The summed E-state index contributed by atoms with van der Waals surface area (Å²) in [6, 6.07) is 14.5. The van der Waals surface area contributed by atoms with Crippen LogP contribution in [0.1, 0.15) is 17.2 Å². The van der Waals surface area contributed by atoms with Gasteiger partial charge in [0.1, 0.15) is 0 Å². The van der Waals surface area contributed by atoms with E-state index in [4.69, 9.17) is 16.3 Å². The molecule has 0 radical (unpaired) electrons. The molecule has 0 aromatic heterocycles. The summed E-state index contributed by atoms with van der Waals surface area (Å²) in [4.78, 5) is 2.56. The molecule has 7 heteroatoms. The summed E-state index contributed by atoms with van der Waals surface area (Å²) < 4.78 is 33.7. The quantitative estimate of drug-likeness (QED) is 0.818. The fourth-order valence-electron chi connectivity index (χ4n) is 3.16. The third-order valence-electron chi connectivity index (χ3n) is 4.59. The molecule has 1 N–H and O–H groups in total. The van der Waals surface area contributed by atoms with Crippen molar-refractivity contribution in [1.29, 1.82) is 0 Å². The van der Waals surface area contributed by atoms with Crippen molar-refractivity contribution >= 4 is 21.6 Å². The van der Waals surface area contributed by atoms with Gasteiger partial charge in [0.25, 0.3) is 0 Å². The lowest BCUT2D eigenvalue weighted by molar-refractivity contribution is 0.0172. The van der Waals surface area contributed by atoms with Gasteiger partial charge in [-0.2, -0.15) is 0 Å². The van der Waals surface area contributed by atoms with Crippen LogP contribution in [0.4, 0.5) is 0 Å². The summed E-state index contributed by atoms with van der Waals surface area (Å²) in [7, 11) is -3.57. The molecule has 140 valence electrons. The van der Waals surface area contributed by atoms with E-state index in [0.29, 0.717) is 23.1 Å². The normalized spacial score (nSPS) is 17.2. The summed E-state index contributed by atoms with van der Waals surface area (Å²) in [6.45, 7) is 4.91. The Morgan fingerprint density at radius 1 is 1.12 bits per heavy atom. The SMILES string of the molecule is Cc1ccccc1S(=O)(=O)NCC(c1ccc(Cl)cc1)N1CCOCC1. The number of halogens is 1. The molecular weight excluding hydrogens is 372 g/mol. The van der Waals surface area contributed by atoms with Crippen molar-refractivity contribution in [3.8, 4) is 0 Å². The van der Waals surface area contributed by atoms with Gasteiger partial charge in [-0.15, -0.1) is 0 Å². The van der Waals surface area contributed by atoms with E-state index in [9.17, 15) is 8.42 Å². The third-order valence-corrected chi connectivity index (χ3v) is 6.43. The van der Waals surface area contributed by atoms with E-state index in [1.807, 2.05) is 30.3 Å². The number of sulfonamides is 1. The van der Waals surface area contributed by atoms with Crippen molar-refractivity contribution in [2.24, 2.45) is 0 Å². The minimum absolute atomic E-state index is 0.0741. The number of hydrogen-bond donors (Lipinski definition) is 1. The molecule has 0 spiro atoms. The van der Waals surface area contributed by atoms with E-state index in [2.05, 4.69) is 9.62 Å². The molecule has 1 aliphatic heterocycles. The minimum Gasteiger partial charge on any atom is -0.379 e. The Hall–Kier alpha value is -1.44. The van der Waals surface area contributed by atoms with Gasteiger partial charge in [0.05, 0.1) is 18.1 Å². The highest BCUT2D eigenvalue weighted by molar-refractivity contribution is 7.89. The predicted octanol–water partition coefficient (Wildman–Crippen LogP) is 3.00. The maximum atomic E-state index is 12.8. The first-order valence-corrected chi connectivity index (χ1v) is 10.5. The van der Waals surface area contributed by atoms with Crippen LogP contribution in [-0.2, 0) is 14.8 Å². The first-order chi connectivity index (χ1) is 12.5. The van der Waals surface area contributed by atoms with Crippen LogP contribution >= 0.6 is 11.6 Å². The lowest BCUT2D eigenvalue weighted by atomic mass is 10.1. The van der Waals surface area contributed by atoms with E-state index in [0.717, 1.165) is 24.2 Å². The maximum absolute atomic E-state index is 12.8. The Balaban J connectivity index is 1.81. The molecule has 1 atom stereocenters. The Labute approximate surface area is 160 Å². The third kappa shape index (κ3) is 4.64. The highest BCUT2D eigenvalue weighted by Crippen LogP contribution is 2.24. The average Bonchev–Trinajstić information content (AvgIpc) is 2.64. The van der Waals surface area contributed by atoms with Gasteiger partial charge in [-0.05, 0) is 36.2 Å². The van der Waals surface area contributed by atoms with E-state index in [-0.39, 0.29) is 12.6 Å². The molecule has 1 aliphatic rings. The molecule has 0 aliphatic carbocycles. The Morgan fingerprint density at radius 3 is 2.42 bits per heavy atom. The molecule has 2 aromatic carbocycles. The number of aryl methyl sites for hydroxylation is 1. The topological polar surface area (TPSA) is 58.6 Å². The smallest absolute Gasteiger partial charge is 0.240 e. The number of rotatable bonds is 6. The summed E-state index contributed by atoms with van der Waals surface area (Å²) in [6.07, 6.45) is 0. The van der Waals surface area contributed by atoms with Crippen molar-refractivity contribution in [2.75, 3.05) is 32.8 Å². The largest absolute Gasteiger partial charge is 0.379 e. The van der Waals surface area contributed by atoms with Gasteiger partial charge >= 0.3 is 0 Å². The van der Waals surface area contributed by atoms with Gasteiger partial charge in [-0.25, -0.2) is 13.1 Å². The molecule has 2 aromatic rings. The van der Waals surface area contributed by atoms with Gasteiger partial charge < -0.3 is 4.74 Å². The lowest BCUT2D eigenvalue weighted by Gasteiger charge is -2.35. The molecule has 0 saturated carbocycles. The molecule has 5 nitrogen and oxygen atoms in total. The number of morpholine rings is 1. The van der Waals surface area contributed by atoms with Crippen molar-refractivity contribution in [3.63, 3.8) is 0 Å². The van der Waals surface area contributed by atoms with Crippen LogP contribution in [0.5, 0.6) is 0 Å². The van der Waals surface area contributed by atoms with Gasteiger partial charge in [-0.1, -0.05) is 41.9 Å². The molecule has 1 unspecified atom stereocenters. The van der Waals surface area contributed by atoms with Crippen molar-refractivity contribution in [2.45, 2.75) is 17.9 Å². The van der Waals surface area contributed by atoms with Crippen LogP contribution in [0.15, 0.2) is 53.4 Å². The molecule has 1 fully saturated rings. The molecule has 26 heavy (non-hydrogen) atoms. The Kier molecular flexibility index (Phi) is 6.32. The molecule has 0 amide bonds. The van der Waals surface area contributed by atoms with Gasteiger partial charge in [0.15, 0.2) is 0 Å². The molecule has 0 bridgehead atoms. The summed E-state index contributed by atoms with van der Waals surface area (Å²) in [5.41, 5.74) is 1.76. The van der Waals surface area contributed by atoms with Crippen LogP contribution in [0.25, 0.3) is 0 Å². The number of hydrogen-bond acceptors (Lipinski definition) is 4. The highest BCUT2D eigenvalue weighted by Gasteiger charge is 2.25. The first kappa shape index (κ1) is 19.3. The summed E-state index contributed by atoms with van der Waals surface area (Å²) >= 11 is 6.00. The zero-order chi connectivity index (χ0) is 18.6. The zero-order valence-electron chi connectivity index (χ0n) is 14.7. The first-order valence-electron chi connectivity index (χ1n) is 8.60. The monoisotopic (exact) mass is 394 g/mol. The van der Waals surface area contributed by atoms with E-state index in [1.165, 1.54) is 0 Å².